The first kappa shape index (κ1) is 23.4. The molecule has 37 heavy (non-hydrogen) atoms. The molecule has 9 heteroatoms. The number of fused-ring (bicyclic) bond motifs is 2. The van der Waals surface area contributed by atoms with E-state index in [1.54, 1.807) is 20.2 Å². The summed E-state index contributed by atoms with van der Waals surface area (Å²) in [7, 11) is 1.67. The van der Waals surface area contributed by atoms with Crippen molar-refractivity contribution in [2.75, 3.05) is 25.5 Å². The van der Waals surface area contributed by atoms with Gasteiger partial charge in [0.25, 0.3) is 0 Å². The number of piperidine rings is 1. The van der Waals surface area contributed by atoms with Gasteiger partial charge >= 0.3 is 0 Å². The molecule has 0 atom stereocenters. The van der Waals surface area contributed by atoms with Crippen LogP contribution in [0, 0.1) is 0 Å². The van der Waals surface area contributed by atoms with E-state index in [4.69, 9.17) is 14.2 Å². The number of nitrogens with one attached hydrogen (secondary N) is 1. The highest BCUT2D eigenvalue weighted by Crippen LogP contribution is 2.36. The summed E-state index contributed by atoms with van der Waals surface area (Å²) in [6, 6.07) is 18.4. The van der Waals surface area contributed by atoms with Gasteiger partial charge in [0, 0.05) is 43.2 Å². The largest absolute Gasteiger partial charge is 0.497 e. The van der Waals surface area contributed by atoms with Gasteiger partial charge in [0.05, 0.1) is 29.6 Å². The SMILES string of the molecule is COc1ccc(Cn2nc(Nc3ccc4c(C5CCN(C(C)=O)CC5)nsc4c3)c3ncccc32)cc1. The molecule has 6 rings (SSSR count). The van der Waals surface area contributed by atoms with E-state index in [-0.39, 0.29) is 5.91 Å². The van der Waals surface area contributed by atoms with Crippen molar-refractivity contribution < 1.29 is 9.53 Å². The predicted molar refractivity (Wildman–Crippen MR) is 147 cm³/mol. The lowest BCUT2D eigenvalue weighted by atomic mass is 9.91. The highest BCUT2D eigenvalue weighted by Gasteiger charge is 2.25. The molecule has 5 aromatic rings. The van der Waals surface area contributed by atoms with Crippen LogP contribution < -0.4 is 10.1 Å². The summed E-state index contributed by atoms with van der Waals surface area (Å²) in [5.41, 5.74) is 5.05. The molecule has 1 amide bonds. The number of carbonyl (C=O) groups is 1. The second kappa shape index (κ2) is 9.82. The van der Waals surface area contributed by atoms with Gasteiger partial charge in [-0.25, -0.2) is 0 Å². The standard InChI is InChI=1S/C28H28N6O2S/c1-18(35)33-14-11-20(12-15-33)26-23-10-7-21(16-25(23)37-32-26)30-28-27-24(4-3-13-29-27)34(31-28)17-19-5-8-22(36-2)9-6-19/h3-10,13,16,20H,11-12,14-15,17H2,1-2H3,(H,30,31). The summed E-state index contributed by atoms with van der Waals surface area (Å²) in [5, 5.41) is 9.56. The zero-order chi connectivity index (χ0) is 25.4. The van der Waals surface area contributed by atoms with Gasteiger partial charge in [-0.1, -0.05) is 12.1 Å². The number of amides is 1. The maximum Gasteiger partial charge on any atom is 0.219 e. The van der Waals surface area contributed by atoms with Gasteiger partial charge < -0.3 is 15.0 Å². The molecule has 1 aliphatic rings. The molecule has 1 N–H and O–H groups in total. The number of hydrogen-bond acceptors (Lipinski definition) is 7. The van der Waals surface area contributed by atoms with Crippen molar-refractivity contribution in [1.82, 2.24) is 24.0 Å². The number of benzene rings is 2. The molecule has 4 heterocycles. The number of nitrogens with zero attached hydrogens (tertiary/aromatic N) is 5. The fraction of sp³-hybridized carbons (Fsp3) is 0.286. The summed E-state index contributed by atoms with van der Waals surface area (Å²) >= 11 is 1.53. The van der Waals surface area contributed by atoms with Crippen LogP contribution in [0.2, 0.25) is 0 Å². The first-order valence-electron chi connectivity index (χ1n) is 12.5. The van der Waals surface area contributed by atoms with Gasteiger partial charge in [0.1, 0.15) is 11.3 Å². The molecular formula is C28H28N6O2S. The maximum absolute atomic E-state index is 11.7. The molecule has 0 radical (unpaired) electrons. The van der Waals surface area contributed by atoms with E-state index in [1.807, 2.05) is 33.8 Å². The van der Waals surface area contributed by atoms with Crippen LogP contribution in [0.5, 0.6) is 5.75 Å². The predicted octanol–water partition coefficient (Wildman–Crippen LogP) is 5.57. The Labute approximate surface area is 219 Å². The third-order valence-electron chi connectivity index (χ3n) is 7.09. The van der Waals surface area contributed by atoms with E-state index in [2.05, 4.69) is 40.6 Å². The first-order chi connectivity index (χ1) is 18.1. The van der Waals surface area contributed by atoms with Gasteiger partial charge in [-0.3, -0.25) is 14.5 Å². The van der Waals surface area contributed by atoms with Crippen molar-refractivity contribution in [3.63, 3.8) is 0 Å². The molecule has 8 nitrogen and oxygen atoms in total. The van der Waals surface area contributed by atoms with Crippen molar-refractivity contribution in [3.05, 3.63) is 72.1 Å². The van der Waals surface area contributed by atoms with Crippen molar-refractivity contribution >= 4 is 50.1 Å². The normalized spacial score (nSPS) is 14.4. The Kier molecular flexibility index (Phi) is 6.21. The molecule has 0 unspecified atom stereocenters. The lowest BCUT2D eigenvalue weighted by Gasteiger charge is -2.30. The summed E-state index contributed by atoms with van der Waals surface area (Å²) in [6.07, 6.45) is 3.71. The average molecular weight is 513 g/mol. The van der Waals surface area contributed by atoms with Crippen molar-refractivity contribution in [2.45, 2.75) is 32.2 Å². The second-order valence-corrected chi connectivity index (χ2v) is 10.2. The van der Waals surface area contributed by atoms with Crippen LogP contribution in [-0.4, -0.2) is 50.1 Å². The van der Waals surface area contributed by atoms with Crippen molar-refractivity contribution in [2.24, 2.45) is 0 Å². The molecule has 188 valence electrons. The number of aromatic nitrogens is 4. The molecule has 0 bridgehead atoms. The minimum atomic E-state index is 0.158. The highest BCUT2D eigenvalue weighted by molar-refractivity contribution is 7.13. The monoisotopic (exact) mass is 512 g/mol. The number of ether oxygens (including phenoxy) is 1. The number of rotatable bonds is 6. The van der Waals surface area contributed by atoms with Gasteiger partial charge in [0.15, 0.2) is 5.82 Å². The Bertz CT molecular complexity index is 1570. The molecule has 0 aliphatic carbocycles. The van der Waals surface area contributed by atoms with E-state index >= 15 is 0 Å². The number of methoxy groups -OCH3 is 1. The Morgan fingerprint density at radius 3 is 2.70 bits per heavy atom. The quantitative estimate of drug-likeness (QED) is 0.320. The first-order valence-corrected chi connectivity index (χ1v) is 13.2. The maximum atomic E-state index is 11.7. The Morgan fingerprint density at radius 2 is 1.95 bits per heavy atom. The topological polar surface area (TPSA) is 85.2 Å². The Hall–Kier alpha value is -3.98. The summed E-state index contributed by atoms with van der Waals surface area (Å²) in [6.45, 7) is 3.89. The summed E-state index contributed by atoms with van der Waals surface area (Å²) < 4.78 is 13.2. The van der Waals surface area contributed by atoms with Crippen LogP contribution in [0.15, 0.2) is 60.8 Å². The molecule has 1 aliphatic heterocycles. The number of anilines is 2. The molecule has 0 saturated carbocycles. The second-order valence-electron chi connectivity index (χ2n) is 9.41. The third kappa shape index (κ3) is 4.62. The van der Waals surface area contributed by atoms with Crippen LogP contribution >= 0.6 is 11.5 Å². The lowest BCUT2D eigenvalue weighted by molar-refractivity contribution is -0.129. The zero-order valence-electron chi connectivity index (χ0n) is 20.8. The third-order valence-corrected chi connectivity index (χ3v) is 7.91. The zero-order valence-corrected chi connectivity index (χ0v) is 21.7. The fourth-order valence-corrected chi connectivity index (χ4v) is 5.95. The molecule has 3 aromatic heterocycles. The minimum absolute atomic E-state index is 0.158. The number of likely N-dealkylation sites (tertiary alicyclic amines) is 1. The highest BCUT2D eigenvalue weighted by atomic mass is 32.1. The summed E-state index contributed by atoms with van der Waals surface area (Å²) in [5.74, 6) is 2.11. The minimum Gasteiger partial charge on any atom is -0.497 e. The number of hydrogen-bond donors (Lipinski definition) is 1. The van der Waals surface area contributed by atoms with E-state index in [9.17, 15) is 4.79 Å². The van der Waals surface area contributed by atoms with Crippen LogP contribution in [0.3, 0.4) is 0 Å². The smallest absolute Gasteiger partial charge is 0.219 e. The van der Waals surface area contributed by atoms with Crippen molar-refractivity contribution in [3.8, 4) is 5.75 Å². The lowest BCUT2D eigenvalue weighted by Crippen LogP contribution is -2.36. The van der Waals surface area contributed by atoms with Gasteiger partial charge in [-0.05, 0) is 72.4 Å². The molecule has 1 fully saturated rings. The Balaban J connectivity index is 1.24. The van der Waals surface area contributed by atoms with Crippen LogP contribution in [0.4, 0.5) is 11.5 Å². The molecule has 1 saturated heterocycles. The summed E-state index contributed by atoms with van der Waals surface area (Å²) in [4.78, 5) is 18.2. The van der Waals surface area contributed by atoms with E-state index in [0.29, 0.717) is 12.5 Å². The van der Waals surface area contributed by atoms with E-state index < -0.39 is 0 Å². The van der Waals surface area contributed by atoms with Crippen molar-refractivity contribution in [1.29, 1.82) is 0 Å². The van der Waals surface area contributed by atoms with Gasteiger partial charge in [-0.15, -0.1) is 0 Å². The van der Waals surface area contributed by atoms with E-state index in [1.165, 1.54) is 16.9 Å². The molecule has 0 spiro atoms. The average Bonchev–Trinajstić information content (AvgIpc) is 3.50. The van der Waals surface area contributed by atoms with Gasteiger partial charge in [-0.2, -0.15) is 9.47 Å². The molecule has 2 aromatic carbocycles. The van der Waals surface area contributed by atoms with Gasteiger partial charge in [0.2, 0.25) is 5.91 Å². The number of carbonyl (C=O) groups excluding carboxylic acids is 1. The van der Waals surface area contributed by atoms with Crippen LogP contribution in [0.1, 0.15) is 36.9 Å². The fourth-order valence-electron chi connectivity index (χ4n) is 5.05. The van der Waals surface area contributed by atoms with Crippen LogP contribution in [-0.2, 0) is 11.3 Å². The molecular weight excluding hydrogens is 484 g/mol. The van der Waals surface area contributed by atoms with Crippen LogP contribution in [0.25, 0.3) is 21.1 Å². The Morgan fingerprint density at radius 1 is 1.14 bits per heavy atom. The number of pyridine rings is 1. The van der Waals surface area contributed by atoms with E-state index in [0.717, 1.165) is 70.2 Å².